The molecule has 1 aliphatic carbocycles. The topological polar surface area (TPSA) is 49.4 Å². The van der Waals surface area contributed by atoms with E-state index in [4.69, 9.17) is 0 Å². The Kier molecular flexibility index (Phi) is 9.95. The summed E-state index contributed by atoms with van der Waals surface area (Å²) < 4.78 is 0.990. The highest BCUT2D eigenvalue weighted by molar-refractivity contribution is 9.10. The van der Waals surface area contributed by atoms with Gasteiger partial charge in [0.05, 0.1) is 0 Å². The second kappa shape index (κ2) is 13.6. The number of carbonyl (C=O) groups excluding carboxylic acids is 2. The van der Waals surface area contributed by atoms with Gasteiger partial charge in [-0.1, -0.05) is 102 Å². The molecular formula is C32H37BrN2O2. The monoisotopic (exact) mass is 560 g/mol. The minimum absolute atomic E-state index is 0.00462. The lowest BCUT2D eigenvalue weighted by Crippen LogP contribution is -2.52. The van der Waals surface area contributed by atoms with Crippen LogP contribution < -0.4 is 5.32 Å². The van der Waals surface area contributed by atoms with E-state index in [-0.39, 0.29) is 17.9 Å². The molecule has 1 saturated carbocycles. The van der Waals surface area contributed by atoms with E-state index in [2.05, 4.69) is 52.4 Å². The van der Waals surface area contributed by atoms with Crippen molar-refractivity contribution in [3.63, 3.8) is 0 Å². The van der Waals surface area contributed by atoms with E-state index in [1.54, 1.807) is 4.90 Å². The summed E-state index contributed by atoms with van der Waals surface area (Å²) in [7, 11) is 0. The molecule has 194 valence electrons. The molecule has 1 aliphatic rings. The zero-order chi connectivity index (χ0) is 26.0. The Morgan fingerprint density at radius 2 is 1.49 bits per heavy atom. The van der Waals surface area contributed by atoms with Crippen molar-refractivity contribution in [2.75, 3.05) is 0 Å². The second-order valence-electron chi connectivity index (χ2n) is 10.0. The van der Waals surface area contributed by atoms with Gasteiger partial charge in [-0.15, -0.1) is 0 Å². The van der Waals surface area contributed by atoms with E-state index >= 15 is 0 Å². The lowest BCUT2D eigenvalue weighted by atomic mass is 10.0. The standard InChI is InChI=1S/C32H37BrN2O2/c1-2-24-12-14-25(15-13-24)18-21-31(36)35(23-27-16-19-28(33)20-17-27)30(22-26-8-4-3-5-9-26)32(37)34-29-10-6-7-11-29/h3-5,8-9,12-17,19-20,29-30H,2,6-7,10-11,18,21-23H2,1H3,(H,34,37). The molecule has 5 heteroatoms. The van der Waals surface area contributed by atoms with E-state index in [9.17, 15) is 9.59 Å². The third-order valence-electron chi connectivity index (χ3n) is 7.30. The van der Waals surface area contributed by atoms with E-state index in [1.807, 2.05) is 54.6 Å². The average molecular weight is 562 g/mol. The van der Waals surface area contributed by atoms with Crippen LogP contribution in [0.15, 0.2) is 83.3 Å². The van der Waals surface area contributed by atoms with Crippen LogP contribution in [-0.2, 0) is 35.4 Å². The molecule has 1 fully saturated rings. The summed E-state index contributed by atoms with van der Waals surface area (Å²) in [6.45, 7) is 2.54. The summed E-state index contributed by atoms with van der Waals surface area (Å²) in [4.78, 5) is 29.4. The van der Waals surface area contributed by atoms with Gasteiger partial charge in [0.2, 0.25) is 11.8 Å². The molecule has 3 aromatic rings. The molecule has 0 aliphatic heterocycles. The Hall–Kier alpha value is -2.92. The van der Waals surface area contributed by atoms with Crippen LogP contribution in [0.1, 0.15) is 61.3 Å². The lowest BCUT2D eigenvalue weighted by Gasteiger charge is -2.32. The normalized spacial score (nSPS) is 14.3. The summed E-state index contributed by atoms with van der Waals surface area (Å²) in [5, 5.41) is 3.28. The van der Waals surface area contributed by atoms with Crippen molar-refractivity contribution in [3.8, 4) is 0 Å². The van der Waals surface area contributed by atoms with Crippen molar-refractivity contribution in [3.05, 3.63) is 106 Å². The zero-order valence-electron chi connectivity index (χ0n) is 21.7. The molecular weight excluding hydrogens is 524 g/mol. The van der Waals surface area contributed by atoms with Gasteiger partial charge in [-0.2, -0.15) is 0 Å². The van der Waals surface area contributed by atoms with Gasteiger partial charge in [0, 0.05) is 29.9 Å². The molecule has 0 spiro atoms. The minimum atomic E-state index is -0.568. The number of nitrogens with zero attached hydrogens (tertiary/aromatic N) is 1. The van der Waals surface area contributed by atoms with Gasteiger partial charge < -0.3 is 10.2 Å². The van der Waals surface area contributed by atoms with Gasteiger partial charge in [0.1, 0.15) is 6.04 Å². The Morgan fingerprint density at radius 1 is 0.865 bits per heavy atom. The minimum Gasteiger partial charge on any atom is -0.352 e. The third kappa shape index (κ3) is 8.03. The molecule has 0 radical (unpaired) electrons. The Labute approximate surface area is 229 Å². The Bertz CT molecular complexity index is 1140. The Balaban J connectivity index is 1.58. The SMILES string of the molecule is CCc1ccc(CCC(=O)N(Cc2ccc(Br)cc2)C(Cc2ccccc2)C(=O)NC2CCCC2)cc1. The van der Waals surface area contributed by atoms with Crippen LogP contribution in [-0.4, -0.2) is 28.8 Å². The number of halogens is 1. The number of benzene rings is 3. The molecule has 4 nitrogen and oxygen atoms in total. The molecule has 0 bridgehead atoms. The largest absolute Gasteiger partial charge is 0.352 e. The first-order valence-electron chi connectivity index (χ1n) is 13.5. The molecule has 3 aromatic carbocycles. The van der Waals surface area contributed by atoms with E-state index in [0.717, 1.165) is 53.3 Å². The van der Waals surface area contributed by atoms with Crippen LogP contribution in [0.25, 0.3) is 0 Å². The van der Waals surface area contributed by atoms with Crippen molar-refractivity contribution in [1.82, 2.24) is 10.2 Å². The Morgan fingerprint density at radius 3 is 2.14 bits per heavy atom. The smallest absolute Gasteiger partial charge is 0.243 e. The number of amides is 2. The maximum atomic E-state index is 13.8. The highest BCUT2D eigenvalue weighted by atomic mass is 79.9. The number of aryl methyl sites for hydroxylation is 2. The molecule has 2 amide bonds. The fourth-order valence-electron chi connectivity index (χ4n) is 5.04. The number of hydrogen-bond acceptors (Lipinski definition) is 2. The van der Waals surface area contributed by atoms with Gasteiger partial charge in [-0.25, -0.2) is 0 Å². The van der Waals surface area contributed by atoms with Crippen LogP contribution in [0, 0.1) is 0 Å². The van der Waals surface area contributed by atoms with Crippen LogP contribution in [0.2, 0.25) is 0 Å². The number of carbonyl (C=O) groups is 2. The molecule has 0 aromatic heterocycles. The average Bonchev–Trinajstić information content (AvgIpc) is 3.44. The maximum absolute atomic E-state index is 13.8. The van der Waals surface area contributed by atoms with Crippen LogP contribution in [0.5, 0.6) is 0 Å². The quantitative estimate of drug-likeness (QED) is 0.285. The molecule has 4 rings (SSSR count). The fourth-order valence-corrected chi connectivity index (χ4v) is 5.31. The van der Waals surface area contributed by atoms with Gasteiger partial charge in [0.15, 0.2) is 0 Å². The third-order valence-corrected chi connectivity index (χ3v) is 7.83. The molecule has 1 atom stereocenters. The van der Waals surface area contributed by atoms with Crippen LogP contribution in [0.3, 0.4) is 0 Å². The maximum Gasteiger partial charge on any atom is 0.243 e. The summed E-state index contributed by atoms with van der Waals surface area (Å²) in [6, 6.07) is 26.1. The van der Waals surface area contributed by atoms with E-state index in [1.165, 1.54) is 5.56 Å². The second-order valence-corrected chi connectivity index (χ2v) is 10.9. The summed E-state index contributed by atoms with van der Waals surface area (Å²) >= 11 is 3.50. The van der Waals surface area contributed by atoms with Crippen molar-refractivity contribution >= 4 is 27.7 Å². The number of nitrogens with one attached hydrogen (secondary N) is 1. The van der Waals surface area contributed by atoms with Crippen molar-refractivity contribution in [1.29, 1.82) is 0 Å². The fraction of sp³-hybridized carbons (Fsp3) is 0.375. The predicted octanol–water partition coefficient (Wildman–Crippen LogP) is 6.64. The molecule has 1 unspecified atom stereocenters. The lowest BCUT2D eigenvalue weighted by molar-refractivity contribution is -0.141. The van der Waals surface area contributed by atoms with Gasteiger partial charge in [0.25, 0.3) is 0 Å². The number of hydrogen-bond donors (Lipinski definition) is 1. The first-order valence-corrected chi connectivity index (χ1v) is 14.3. The van der Waals surface area contributed by atoms with Gasteiger partial charge >= 0.3 is 0 Å². The molecule has 0 heterocycles. The molecule has 1 N–H and O–H groups in total. The zero-order valence-corrected chi connectivity index (χ0v) is 23.3. The van der Waals surface area contributed by atoms with Crippen molar-refractivity contribution in [2.45, 2.75) is 76.9 Å². The summed E-state index contributed by atoms with van der Waals surface area (Å²) in [5.74, 6) is -0.0431. The summed E-state index contributed by atoms with van der Waals surface area (Å²) in [5.41, 5.74) is 4.50. The van der Waals surface area contributed by atoms with E-state index < -0.39 is 6.04 Å². The summed E-state index contributed by atoms with van der Waals surface area (Å²) in [6.07, 6.45) is 6.83. The number of rotatable bonds is 11. The van der Waals surface area contributed by atoms with Gasteiger partial charge in [-0.3, -0.25) is 9.59 Å². The van der Waals surface area contributed by atoms with Crippen LogP contribution in [0.4, 0.5) is 0 Å². The van der Waals surface area contributed by atoms with E-state index in [0.29, 0.717) is 25.8 Å². The molecule has 0 saturated heterocycles. The van der Waals surface area contributed by atoms with Gasteiger partial charge in [-0.05, 0) is 60.1 Å². The molecule has 37 heavy (non-hydrogen) atoms. The van der Waals surface area contributed by atoms with Crippen molar-refractivity contribution in [2.24, 2.45) is 0 Å². The first kappa shape index (κ1) is 27.1. The first-order chi connectivity index (χ1) is 18.0. The van der Waals surface area contributed by atoms with Crippen molar-refractivity contribution < 1.29 is 9.59 Å². The highest BCUT2D eigenvalue weighted by Crippen LogP contribution is 2.21. The van der Waals surface area contributed by atoms with Crippen LogP contribution >= 0.6 is 15.9 Å². The highest BCUT2D eigenvalue weighted by Gasteiger charge is 2.32. The predicted molar refractivity (Wildman–Crippen MR) is 153 cm³/mol.